The third-order valence-electron chi connectivity index (χ3n) is 3.73. The van der Waals surface area contributed by atoms with Crippen molar-refractivity contribution >= 4 is 17.5 Å². The molecule has 0 bridgehead atoms. The lowest BCUT2D eigenvalue weighted by Gasteiger charge is -2.36. The van der Waals surface area contributed by atoms with E-state index in [0.29, 0.717) is 0 Å². The van der Waals surface area contributed by atoms with Crippen LogP contribution in [0.1, 0.15) is 30.6 Å². The van der Waals surface area contributed by atoms with Gasteiger partial charge in [0.1, 0.15) is 0 Å². The maximum Gasteiger partial charge on any atom is 0.317 e. The molecule has 5 heteroatoms. The molecule has 5 nitrogen and oxygen atoms in total. The fraction of sp³-hybridized carbons (Fsp3) is 0.500. The molecule has 1 fully saturated rings. The third-order valence-corrected chi connectivity index (χ3v) is 3.73. The molecule has 114 valence electrons. The second kappa shape index (κ2) is 7.11. The van der Waals surface area contributed by atoms with Crippen molar-refractivity contribution in [1.29, 1.82) is 0 Å². The van der Waals surface area contributed by atoms with Crippen molar-refractivity contribution in [3.05, 3.63) is 29.8 Å². The molecular formula is C16H23N3O2. The van der Waals surface area contributed by atoms with Crippen LogP contribution in [0.15, 0.2) is 24.3 Å². The van der Waals surface area contributed by atoms with Crippen molar-refractivity contribution in [1.82, 2.24) is 10.2 Å². The average Bonchev–Trinajstić information content (AvgIpc) is 2.53. The molecular weight excluding hydrogens is 266 g/mol. The maximum absolute atomic E-state index is 11.9. The fourth-order valence-electron chi connectivity index (χ4n) is 2.42. The SMILES string of the molecule is CCCNC(=O)N1CCN(c2ccc(C(C)=O)cc2)CC1. The average molecular weight is 289 g/mol. The summed E-state index contributed by atoms with van der Waals surface area (Å²) in [5, 5.41) is 2.91. The fourth-order valence-corrected chi connectivity index (χ4v) is 2.42. The van der Waals surface area contributed by atoms with Crippen LogP contribution in [-0.2, 0) is 0 Å². The van der Waals surface area contributed by atoms with Crippen LogP contribution in [0.5, 0.6) is 0 Å². The molecule has 0 atom stereocenters. The molecule has 2 amide bonds. The largest absolute Gasteiger partial charge is 0.368 e. The van der Waals surface area contributed by atoms with Gasteiger partial charge in [0, 0.05) is 44.0 Å². The Bertz CT molecular complexity index is 491. The first-order chi connectivity index (χ1) is 10.1. The highest BCUT2D eigenvalue weighted by Gasteiger charge is 2.20. The molecule has 1 aromatic carbocycles. The van der Waals surface area contributed by atoms with Gasteiger partial charge in [-0.25, -0.2) is 4.79 Å². The van der Waals surface area contributed by atoms with Crippen LogP contribution in [0.3, 0.4) is 0 Å². The summed E-state index contributed by atoms with van der Waals surface area (Å²) in [7, 11) is 0. The van der Waals surface area contributed by atoms with E-state index in [0.717, 1.165) is 50.4 Å². The maximum atomic E-state index is 11.9. The highest BCUT2D eigenvalue weighted by molar-refractivity contribution is 5.94. The van der Waals surface area contributed by atoms with Crippen LogP contribution in [0.4, 0.5) is 10.5 Å². The van der Waals surface area contributed by atoms with Crippen LogP contribution >= 0.6 is 0 Å². The highest BCUT2D eigenvalue weighted by Crippen LogP contribution is 2.17. The summed E-state index contributed by atoms with van der Waals surface area (Å²) in [5.41, 5.74) is 1.84. The zero-order chi connectivity index (χ0) is 15.2. The molecule has 0 aromatic heterocycles. The van der Waals surface area contributed by atoms with E-state index in [1.807, 2.05) is 36.1 Å². The lowest BCUT2D eigenvalue weighted by Crippen LogP contribution is -2.52. The van der Waals surface area contributed by atoms with Gasteiger partial charge in [-0.1, -0.05) is 6.92 Å². The molecule has 1 aromatic rings. The molecule has 1 aliphatic rings. The number of ketones is 1. The predicted molar refractivity (Wildman–Crippen MR) is 83.9 cm³/mol. The van der Waals surface area contributed by atoms with Gasteiger partial charge in [0.05, 0.1) is 0 Å². The van der Waals surface area contributed by atoms with E-state index in [-0.39, 0.29) is 11.8 Å². The third kappa shape index (κ3) is 3.97. The van der Waals surface area contributed by atoms with Gasteiger partial charge in [-0.2, -0.15) is 0 Å². The minimum absolute atomic E-state index is 0.0310. The summed E-state index contributed by atoms with van der Waals surface area (Å²) in [6.07, 6.45) is 0.953. The van der Waals surface area contributed by atoms with Crippen molar-refractivity contribution in [2.45, 2.75) is 20.3 Å². The zero-order valence-electron chi connectivity index (χ0n) is 12.8. The molecule has 0 unspecified atom stereocenters. The van der Waals surface area contributed by atoms with Crippen molar-refractivity contribution in [2.75, 3.05) is 37.6 Å². The number of hydrogen-bond donors (Lipinski definition) is 1. The number of nitrogens with zero attached hydrogens (tertiary/aromatic N) is 2. The zero-order valence-corrected chi connectivity index (χ0v) is 12.8. The van der Waals surface area contributed by atoms with Crippen LogP contribution in [0.25, 0.3) is 0 Å². The smallest absolute Gasteiger partial charge is 0.317 e. The van der Waals surface area contributed by atoms with E-state index >= 15 is 0 Å². The van der Waals surface area contributed by atoms with Gasteiger partial charge >= 0.3 is 6.03 Å². The number of benzene rings is 1. The molecule has 2 rings (SSSR count). The second-order valence-electron chi connectivity index (χ2n) is 5.31. The standard InChI is InChI=1S/C16H23N3O2/c1-3-8-17-16(21)19-11-9-18(10-12-19)15-6-4-14(5-7-15)13(2)20/h4-7H,3,8-12H2,1-2H3,(H,17,21). The summed E-state index contributed by atoms with van der Waals surface area (Å²) >= 11 is 0. The Labute approximate surface area is 125 Å². The Morgan fingerprint density at radius 1 is 1.10 bits per heavy atom. The van der Waals surface area contributed by atoms with Crippen LogP contribution < -0.4 is 10.2 Å². The summed E-state index contributed by atoms with van der Waals surface area (Å²) in [6, 6.07) is 7.70. The van der Waals surface area contributed by atoms with Crippen LogP contribution in [0, 0.1) is 0 Å². The molecule has 0 spiro atoms. The summed E-state index contributed by atoms with van der Waals surface area (Å²) < 4.78 is 0. The first-order valence-electron chi connectivity index (χ1n) is 7.50. The van der Waals surface area contributed by atoms with E-state index in [4.69, 9.17) is 0 Å². The highest BCUT2D eigenvalue weighted by atomic mass is 16.2. The van der Waals surface area contributed by atoms with Gasteiger partial charge in [-0.05, 0) is 37.6 Å². The number of carbonyl (C=O) groups excluding carboxylic acids is 2. The number of Topliss-reactive ketones (excluding diaryl/α,β-unsaturated/α-hetero) is 1. The van der Waals surface area contributed by atoms with Crippen molar-refractivity contribution in [2.24, 2.45) is 0 Å². The summed E-state index contributed by atoms with van der Waals surface area (Å²) in [4.78, 5) is 27.3. The normalized spacial score (nSPS) is 15.0. The molecule has 1 heterocycles. The minimum Gasteiger partial charge on any atom is -0.368 e. The van der Waals surface area contributed by atoms with E-state index in [1.54, 1.807) is 6.92 Å². The molecule has 0 saturated carbocycles. The number of hydrogen-bond acceptors (Lipinski definition) is 3. The molecule has 1 saturated heterocycles. The number of anilines is 1. The van der Waals surface area contributed by atoms with E-state index < -0.39 is 0 Å². The predicted octanol–water partition coefficient (Wildman–Crippen LogP) is 2.13. The molecule has 21 heavy (non-hydrogen) atoms. The number of urea groups is 1. The van der Waals surface area contributed by atoms with E-state index in [9.17, 15) is 9.59 Å². The first-order valence-corrected chi connectivity index (χ1v) is 7.50. The summed E-state index contributed by atoms with van der Waals surface area (Å²) in [5.74, 6) is 0.0824. The minimum atomic E-state index is 0.0310. The van der Waals surface area contributed by atoms with Crippen molar-refractivity contribution in [3.63, 3.8) is 0 Å². The Kier molecular flexibility index (Phi) is 5.20. The number of carbonyl (C=O) groups is 2. The van der Waals surface area contributed by atoms with Gasteiger partial charge < -0.3 is 15.1 Å². The molecule has 0 radical (unpaired) electrons. The number of nitrogens with one attached hydrogen (secondary N) is 1. The van der Waals surface area contributed by atoms with Gasteiger partial charge in [0.15, 0.2) is 5.78 Å². The van der Waals surface area contributed by atoms with Crippen LogP contribution in [-0.4, -0.2) is 49.4 Å². The first kappa shape index (κ1) is 15.4. The Morgan fingerprint density at radius 2 is 1.71 bits per heavy atom. The number of piperazine rings is 1. The quantitative estimate of drug-likeness (QED) is 0.864. The Hall–Kier alpha value is -2.04. The number of rotatable bonds is 4. The Balaban J connectivity index is 1.88. The van der Waals surface area contributed by atoms with E-state index in [1.165, 1.54) is 0 Å². The van der Waals surface area contributed by atoms with Crippen molar-refractivity contribution in [3.8, 4) is 0 Å². The second-order valence-corrected chi connectivity index (χ2v) is 5.31. The van der Waals surface area contributed by atoms with Crippen LogP contribution in [0.2, 0.25) is 0 Å². The monoisotopic (exact) mass is 289 g/mol. The molecule has 1 N–H and O–H groups in total. The Morgan fingerprint density at radius 3 is 2.24 bits per heavy atom. The molecule has 1 aliphatic heterocycles. The molecule has 0 aliphatic carbocycles. The lowest BCUT2D eigenvalue weighted by molar-refractivity contribution is 0.101. The summed E-state index contributed by atoms with van der Waals surface area (Å²) in [6.45, 7) is 7.43. The van der Waals surface area contributed by atoms with Gasteiger partial charge in [0.25, 0.3) is 0 Å². The topological polar surface area (TPSA) is 52.7 Å². The van der Waals surface area contributed by atoms with Gasteiger partial charge in [-0.15, -0.1) is 0 Å². The van der Waals surface area contributed by atoms with Crippen molar-refractivity contribution < 1.29 is 9.59 Å². The number of amides is 2. The van der Waals surface area contributed by atoms with E-state index in [2.05, 4.69) is 10.2 Å². The lowest BCUT2D eigenvalue weighted by atomic mass is 10.1. The van der Waals surface area contributed by atoms with Gasteiger partial charge in [-0.3, -0.25) is 4.79 Å². The van der Waals surface area contributed by atoms with Gasteiger partial charge in [0.2, 0.25) is 0 Å².